The zero-order valence-electron chi connectivity index (χ0n) is 8.40. The molecule has 0 heterocycles. The first kappa shape index (κ1) is 9.13. The topological polar surface area (TPSA) is 45.0 Å². The molecule has 0 aromatic rings. The lowest BCUT2D eigenvalue weighted by atomic mass is 10.1. The van der Waals surface area contributed by atoms with Crippen molar-refractivity contribution in [2.75, 3.05) is 0 Å². The van der Waals surface area contributed by atoms with Crippen molar-refractivity contribution in [3.63, 3.8) is 0 Å². The first-order valence-corrected chi connectivity index (χ1v) is 5.21. The van der Waals surface area contributed by atoms with E-state index in [1.807, 2.05) is 0 Å². The molecule has 0 radical (unpaired) electrons. The van der Waals surface area contributed by atoms with Crippen molar-refractivity contribution in [2.45, 2.75) is 51.3 Å². The van der Waals surface area contributed by atoms with Crippen LogP contribution < -0.4 is 0 Å². The van der Waals surface area contributed by atoms with E-state index in [1.165, 1.54) is 25.7 Å². The van der Waals surface area contributed by atoms with E-state index in [4.69, 9.17) is 0 Å². The molecule has 0 bridgehead atoms. The van der Waals surface area contributed by atoms with Gasteiger partial charge in [0.25, 0.3) is 0 Å². The summed E-state index contributed by atoms with van der Waals surface area (Å²) in [6.45, 7) is 3.35. The highest BCUT2D eigenvalue weighted by Crippen LogP contribution is 2.46. The van der Waals surface area contributed by atoms with Crippen molar-refractivity contribution in [1.82, 2.24) is 0 Å². The second kappa shape index (κ2) is 3.05. The van der Waals surface area contributed by atoms with Gasteiger partial charge in [0.05, 0.1) is 6.04 Å². The molecule has 13 heavy (non-hydrogen) atoms. The lowest BCUT2D eigenvalue weighted by molar-refractivity contribution is 0.0795. The summed E-state index contributed by atoms with van der Waals surface area (Å²) in [5.74, 6) is 1.55. The predicted molar refractivity (Wildman–Crippen MR) is 50.4 cm³/mol. The van der Waals surface area contributed by atoms with Gasteiger partial charge in [-0.3, -0.25) is 0 Å². The average molecular weight is 182 g/mol. The second-order valence-corrected chi connectivity index (χ2v) is 4.88. The van der Waals surface area contributed by atoms with Crippen LogP contribution in [0.25, 0.3) is 0 Å². The van der Waals surface area contributed by atoms with E-state index < -0.39 is 5.72 Å². The predicted octanol–water partition coefficient (Wildman–Crippen LogP) is 2.36. The highest BCUT2D eigenvalue weighted by molar-refractivity contribution is 4.95. The van der Waals surface area contributed by atoms with Gasteiger partial charge in [0.15, 0.2) is 5.72 Å². The van der Waals surface area contributed by atoms with Crippen molar-refractivity contribution in [3.05, 3.63) is 0 Å². The highest BCUT2D eigenvalue weighted by Gasteiger charge is 2.42. The zero-order chi connectivity index (χ0) is 9.47. The van der Waals surface area contributed by atoms with Crippen LogP contribution in [0.5, 0.6) is 0 Å². The van der Waals surface area contributed by atoms with Crippen LogP contribution in [-0.4, -0.2) is 16.9 Å². The molecule has 2 aliphatic rings. The van der Waals surface area contributed by atoms with Gasteiger partial charge in [-0.25, -0.2) is 0 Å². The third-order valence-electron chi connectivity index (χ3n) is 2.65. The lowest BCUT2D eigenvalue weighted by Crippen LogP contribution is -2.16. The van der Waals surface area contributed by atoms with Crippen molar-refractivity contribution in [1.29, 1.82) is 0 Å². The van der Waals surface area contributed by atoms with Gasteiger partial charge in [-0.2, -0.15) is 10.2 Å². The van der Waals surface area contributed by atoms with Crippen molar-refractivity contribution < 1.29 is 5.11 Å². The molecule has 0 unspecified atom stereocenters. The van der Waals surface area contributed by atoms with Crippen LogP contribution in [0.1, 0.15) is 39.5 Å². The molecule has 2 saturated carbocycles. The minimum atomic E-state index is -0.984. The van der Waals surface area contributed by atoms with Gasteiger partial charge in [0.1, 0.15) is 0 Å². The molecule has 3 heteroatoms. The fraction of sp³-hybridized carbons (Fsp3) is 1.00. The Morgan fingerprint density at radius 3 is 1.92 bits per heavy atom. The van der Waals surface area contributed by atoms with Gasteiger partial charge >= 0.3 is 0 Å². The molecule has 2 rings (SSSR count). The average Bonchev–Trinajstić information content (AvgIpc) is 2.80. The molecule has 0 atom stereocenters. The molecule has 74 valence electrons. The number of hydrogen-bond donors (Lipinski definition) is 1. The van der Waals surface area contributed by atoms with E-state index in [2.05, 4.69) is 10.2 Å². The van der Waals surface area contributed by atoms with E-state index in [0.717, 1.165) is 11.8 Å². The molecular formula is C10H18N2O. The molecule has 0 spiro atoms. The highest BCUT2D eigenvalue weighted by atomic mass is 16.3. The van der Waals surface area contributed by atoms with Crippen LogP contribution in [0, 0.1) is 11.8 Å². The van der Waals surface area contributed by atoms with Crippen molar-refractivity contribution >= 4 is 0 Å². The maximum absolute atomic E-state index is 9.41. The Balaban J connectivity index is 1.92. The molecule has 1 N–H and O–H groups in total. The fourth-order valence-electron chi connectivity index (χ4n) is 1.66. The molecule has 3 nitrogen and oxygen atoms in total. The molecule has 0 saturated heterocycles. The van der Waals surface area contributed by atoms with E-state index >= 15 is 0 Å². The van der Waals surface area contributed by atoms with Crippen LogP contribution >= 0.6 is 0 Å². The van der Waals surface area contributed by atoms with Gasteiger partial charge in [-0.05, 0) is 51.4 Å². The Hall–Kier alpha value is -0.440. The zero-order valence-corrected chi connectivity index (χ0v) is 8.40. The summed E-state index contributed by atoms with van der Waals surface area (Å²) in [5, 5.41) is 17.7. The molecule has 2 fully saturated rings. The Labute approximate surface area is 79.3 Å². The molecule has 0 aromatic carbocycles. The van der Waals surface area contributed by atoms with Crippen LogP contribution in [-0.2, 0) is 0 Å². The number of aliphatic hydroxyl groups is 1. The van der Waals surface area contributed by atoms with Crippen LogP contribution in [0.3, 0.4) is 0 Å². The lowest BCUT2D eigenvalue weighted by Gasteiger charge is -2.12. The second-order valence-electron chi connectivity index (χ2n) is 4.88. The van der Waals surface area contributed by atoms with Gasteiger partial charge in [-0.15, -0.1) is 0 Å². The SMILES string of the molecule is CC(C)(O)/N=N/C(C1CC1)C1CC1. The third-order valence-corrected chi connectivity index (χ3v) is 2.65. The van der Waals surface area contributed by atoms with E-state index in [-0.39, 0.29) is 0 Å². The van der Waals surface area contributed by atoms with Gasteiger partial charge in [-0.1, -0.05) is 0 Å². The number of rotatable bonds is 4. The van der Waals surface area contributed by atoms with E-state index in [9.17, 15) is 5.11 Å². The van der Waals surface area contributed by atoms with Crippen LogP contribution in [0.4, 0.5) is 0 Å². The third kappa shape index (κ3) is 2.76. The molecule has 0 amide bonds. The molecule has 0 aliphatic heterocycles. The summed E-state index contributed by atoms with van der Waals surface area (Å²) >= 11 is 0. The summed E-state index contributed by atoms with van der Waals surface area (Å²) < 4.78 is 0. The maximum atomic E-state index is 9.41. The van der Waals surface area contributed by atoms with Crippen LogP contribution in [0.15, 0.2) is 10.2 Å². The minimum absolute atomic E-state index is 0.423. The van der Waals surface area contributed by atoms with Gasteiger partial charge < -0.3 is 5.11 Å². The molecule has 2 aliphatic carbocycles. The maximum Gasteiger partial charge on any atom is 0.170 e. The molecular weight excluding hydrogens is 164 g/mol. The van der Waals surface area contributed by atoms with Crippen molar-refractivity contribution in [2.24, 2.45) is 22.1 Å². The smallest absolute Gasteiger partial charge is 0.170 e. The Morgan fingerprint density at radius 2 is 1.62 bits per heavy atom. The fourth-order valence-corrected chi connectivity index (χ4v) is 1.66. The summed E-state index contributed by atoms with van der Waals surface area (Å²) in [7, 11) is 0. The van der Waals surface area contributed by atoms with E-state index in [1.54, 1.807) is 13.8 Å². The quantitative estimate of drug-likeness (QED) is 0.666. The van der Waals surface area contributed by atoms with Gasteiger partial charge in [0, 0.05) is 0 Å². The summed E-state index contributed by atoms with van der Waals surface area (Å²) in [5.41, 5.74) is -0.984. The first-order valence-electron chi connectivity index (χ1n) is 5.21. The van der Waals surface area contributed by atoms with Crippen molar-refractivity contribution in [3.8, 4) is 0 Å². The number of hydrogen-bond acceptors (Lipinski definition) is 3. The Morgan fingerprint density at radius 1 is 1.15 bits per heavy atom. The van der Waals surface area contributed by atoms with E-state index in [0.29, 0.717) is 6.04 Å². The number of nitrogens with zero attached hydrogens (tertiary/aromatic N) is 2. The largest absolute Gasteiger partial charge is 0.368 e. The first-order chi connectivity index (χ1) is 6.06. The number of azo groups is 1. The van der Waals surface area contributed by atoms with Gasteiger partial charge in [0.2, 0.25) is 0 Å². The Kier molecular flexibility index (Phi) is 2.14. The summed E-state index contributed by atoms with van der Waals surface area (Å²) in [6.07, 6.45) is 5.25. The summed E-state index contributed by atoms with van der Waals surface area (Å²) in [6, 6.07) is 0.423. The molecule has 0 aromatic heterocycles. The Bertz CT molecular complexity index is 199. The normalized spacial score (nSPS) is 24.6. The monoisotopic (exact) mass is 182 g/mol. The summed E-state index contributed by atoms with van der Waals surface area (Å²) in [4.78, 5) is 0. The van der Waals surface area contributed by atoms with Crippen LogP contribution in [0.2, 0.25) is 0 Å². The standard InChI is InChI=1S/C10H18N2O/c1-10(2,13)12-11-9(7-3-4-7)8-5-6-8/h7-9,13H,3-6H2,1-2H3/b12-11+. The minimum Gasteiger partial charge on any atom is -0.368 e.